The SMILES string of the molecule is CCOC(=O)C1=C(COC(=O)c2cc(CC)c(C)s2)NC(=O)NC1C. The van der Waals surface area contributed by atoms with Crippen LogP contribution in [0.25, 0.3) is 0 Å². The molecule has 0 saturated carbocycles. The van der Waals surface area contributed by atoms with Crippen LogP contribution in [0.4, 0.5) is 4.79 Å². The van der Waals surface area contributed by atoms with Crippen molar-refractivity contribution < 1.29 is 23.9 Å². The van der Waals surface area contributed by atoms with Gasteiger partial charge in [0, 0.05) is 4.88 Å². The van der Waals surface area contributed by atoms with Crippen molar-refractivity contribution in [3.05, 3.63) is 32.7 Å². The van der Waals surface area contributed by atoms with Crippen LogP contribution in [-0.4, -0.2) is 37.2 Å². The van der Waals surface area contributed by atoms with Crippen LogP contribution in [-0.2, 0) is 20.7 Å². The highest BCUT2D eigenvalue weighted by Gasteiger charge is 2.30. The van der Waals surface area contributed by atoms with Crippen molar-refractivity contribution in [2.45, 2.75) is 40.2 Å². The van der Waals surface area contributed by atoms with Crippen LogP contribution in [0.1, 0.15) is 40.9 Å². The van der Waals surface area contributed by atoms with Gasteiger partial charge in [0.25, 0.3) is 0 Å². The second kappa shape index (κ2) is 8.15. The Balaban J connectivity index is 2.16. The van der Waals surface area contributed by atoms with Gasteiger partial charge in [-0.1, -0.05) is 6.92 Å². The maximum atomic E-state index is 12.3. The highest BCUT2D eigenvalue weighted by atomic mass is 32.1. The van der Waals surface area contributed by atoms with Gasteiger partial charge in [0.2, 0.25) is 0 Å². The minimum atomic E-state index is -0.547. The summed E-state index contributed by atoms with van der Waals surface area (Å²) in [5.41, 5.74) is 1.60. The summed E-state index contributed by atoms with van der Waals surface area (Å²) in [5, 5.41) is 5.11. The van der Waals surface area contributed by atoms with E-state index in [4.69, 9.17) is 9.47 Å². The van der Waals surface area contributed by atoms with Crippen molar-refractivity contribution in [3.63, 3.8) is 0 Å². The molecule has 25 heavy (non-hydrogen) atoms. The van der Waals surface area contributed by atoms with E-state index in [1.165, 1.54) is 11.3 Å². The van der Waals surface area contributed by atoms with E-state index in [2.05, 4.69) is 10.6 Å². The normalized spacial score (nSPS) is 17.0. The van der Waals surface area contributed by atoms with Gasteiger partial charge in [-0.3, -0.25) is 0 Å². The van der Waals surface area contributed by atoms with Gasteiger partial charge < -0.3 is 20.1 Å². The molecule has 0 aromatic carbocycles. The maximum absolute atomic E-state index is 12.3. The molecule has 1 aromatic rings. The molecule has 7 nitrogen and oxygen atoms in total. The molecule has 1 aliphatic rings. The molecule has 0 spiro atoms. The first-order chi connectivity index (χ1) is 11.9. The molecule has 0 aliphatic carbocycles. The number of thiophene rings is 1. The second-order valence-electron chi connectivity index (χ2n) is 5.55. The van der Waals surface area contributed by atoms with Crippen LogP contribution in [0.3, 0.4) is 0 Å². The quantitative estimate of drug-likeness (QED) is 0.754. The number of carbonyl (C=O) groups is 3. The summed E-state index contributed by atoms with van der Waals surface area (Å²) in [5.74, 6) is -1.03. The number of aryl methyl sites for hydroxylation is 2. The standard InChI is InChI=1S/C17H22N2O5S/c1-5-11-7-13(25-10(11)4)15(20)24-8-12-14(16(21)23-6-2)9(3)18-17(22)19-12/h7,9H,5-6,8H2,1-4H3,(H2,18,19,22). The summed E-state index contributed by atoms with van der Waals surface area (Å²) in [6.45, 7) is 7.35. The Morgan fingerprint density at radius 2 is 1.96 bits per heavy atom. The maximum Gasteiger partial charge on any atom is 0.348 e. The Bertz CT molecular complexity index is 723. The van der Waals surface area contributed by atoms with Crippen LogP contribution in [0.2, 0.25) is 0 Å². The highest BCUT2D eigenvalue weighted by Crippen LogP contribution is 2.23. The van der Waals surface area contributed by atoms with E-state index in [9.17, 15) is 14.4 Å². The number of urea groups is 1. The van der Waals surface area contributed by atoms with E-state index in [-0.39, 0.29) is 24.5 Å². The van der Waals surface area contributed by atoms with Gasteiger partial charge in [0.15, 0.2) is 0 Å². The fourth-order valence-corrected chi connectivity index (χ4v) is 3.58. The molecular weight excluding hydrogens is 344 g/mol. The predicted octanol–water partition coefficient (Wildman–Crippen LogP) is 2.29. The van der Waals surface area contributed by atoms with Gasteiger partial charge in [-0.2, -0.15) is 0 Å². The van der Waals surface area contributed by atoms with E-state index in [0.29, 0.717) is 4.88 Å². The molecule has 1 aliphatic heterocycles. The van der Waals surface area contributed by atoms with Crippen LogP contribution in [0.15, 0.2) is 17.3 Å². The Kier molecular flexibility index (Phi) is 6.19. The molecule has 1 unspecified atom stereocenters. The predicted molar refractivity (Wildman–Crippen MR) is 93.5 cm³/mol. The molecule has 0 bridgehead atoms. The number of carbonyl (C=O) groups excluding carboxylic acids is 3. The molecule has 0 fully saturated rings. The third kappa shape index (κ3) is 4.39. The molecule has 136 valence electrons. The summed E-state index contributed by atoms with van der Waals surface area (Å²) in [7, 11) is 0. The van der Waals surface area contributed by atoms with E-state index < -0.39 is 24.0 Å². The molecule has 1 atom stereocenters. The third-order valence-electron chi connectivity index (χ3n) is 3.82. The van der Waals surface area contributed by atoms with Crippen LogP contribution < -0.4 is 10.6 Å². The van der Waals surface area contributed by atoms with E-state index in [1.54, 1.807) is 13.8 Å². The number of amides is 2. The molecule has 1 aromatic heterocycles. The van der Waals surface area contributed by atoms with E-state index in [0.717, 1.165) is 16.9 Å². The van der Waals surface area contributed by atoms with Crippen LogP contribution in [0, 0.1) is 6.92 Å². The molecule has 2 N–H and O–H groups in total. The molecule has 8 heteroatoms. The molecule has 2 heterocycles. The second-order valence-corrected chi connectivity index (χ2v) is 6.81. The van der Waals surface area contributed by atoms with Crippen molar-refractivity contribution in [3.8, 4) is 0 Å². The zero-order valence-corrected chi connectivity index (χ0v) is 15.5. The fourth-order valence-electron chi connectivity index (χ4n) is 2.57. The monoisotopic (exact) mass is 366 g/mol. The number of ether oxygens (including phenoxy) is 2. The Morgan fingerprint density at radius 3 is 2.56 bits per heavy atom. The van der Waals surface area contributed by atoms with Gasteiger partial charge >= 0.3 is 18.0 Å². The summed E-state index contributed by atoms with van der Waals surface area (Å²) in [4.78, 5) is 37.6. The smallest absolute Gasteiger partial charge is 0.348 e. The van der Waals surface area contributed by atoms with Crippen molar-refractivity contribution in [2.24, 2.45) is 0 Å². The average Bonchev–Trinajstić information content (AvgIpc) is 2.93. The Hall–Kier alpha value is -2.35. The zero-order chi connectivity index (χ0) is 18.6. The third-order valence-corrected chi connectivity index (χ3v) is 4.89. The Labute approximate surface area is 150 Å². The number of hydrogen-bond acceptors (Lipinski definition) is 6. The number of rotatable bonds is 6. The lowest BCUT2D eigenvalue weighted by molar-refractivity contribution is -0.139. The van der Waals surface area contributed by atoms with Crippen molar-refractivity contribution >= 4 is 29.3 Å². The first-order valence-corrected chi connectivity index (χ1v) is 8.93. The lowest BCUT2D eigenvalue weighted by atomic mass is 10.0. The van der Waals surface area contributed by atoms with Gasteiger partial charge in [-0.05, 0) is 38.8 Å². The molecule has 0 saturated heterocycles. The summed E-state index contributed by atoms with van der Waals surface area (Å²) in [6.07, 6.45) is 0.840. The topological polar surface area (TPSA) is 93.7 Å². The van der Waals surface area contributed by atoms with Crippen LogP contribution in [0.5, 0.6) is 0 Å². The van der Waals surface area contributed by atoms with Gasteiger partial charge in [0.1, 0.15) is 11.5 Å². The lowest BCUT2D eigenvalue weighted by Gasteiger charge is -2.26. The van der Waals surface area contributed by atoms with Gasteiger partial charge in [-0.15, -0.1) is 11.3 Å². The number of nitrogens with one attached hydrogen (secondary N) is 2. The molecular formula is C17H22N2O5S. The minimum Gasteiger partial charge on any atom is -0.463 e. The minimum absolute atomic E-state index is 0.205. The van der Waals surface area contributed by atoms with Crippen molar-refractivity contribution in [1.29, 1.82) is 0 Å². The fraction of sp³-hybridized carbons (Fsp3) is 0.471. The van der Waals surface area contributed by atoms with Crippen LogP contribution >= 0.6 is 11.3 Å². The number of hydrogen-bond donors (Lipinski definition) is 2. The highest BCUT2D eigenvalue weighted by molar-refractivity contribution is 7.14. The van der Waals surface area contributed by atoms with E-state index >= 15 is 0 Å². The largest absolute Gasteiger partial charge is 0.463 e. The molecule has 2 rings (SSSR count). The molecule has 2 amide bonds. The summed E-state index contributed by atoms with van der Waals surface area (Å²) >= 11 is 1.37. The van der Waals surface area contributed by atoms with Gasteiger partial charge in [0.05, 0.1) is 23.9 Å². The average molecular weight is 366 g/mol. The Morgan fingerprint density at radius 1 is 1.24 bits per heavy atom. The van der Waals surface area contributed by atoms with E-state index in [1.807, 2.05) is 19.9 Å². The first-order valence-electron chi connectivity index (χ1n) is 8.11. The molecule has 0 radical (unpaired) electrons. The van der Waals surface area contributed by atoms with Crippen molar-refractivity contribution in [1.82, 2.24) is 10.6 Å². The van der Waals surface area contributed by atoms with Crippen molar-refractivity contribution in [2.75, 3.05) is 13.2 Å². The summed E-state index contributed by atoms with van der Waals surface area (Å²) < 4.78 is 10.3. The zero-order valence-electron chi connectivity index (χ0n) is 14.7. The summed E-state index contributed by atoms with van der Waals surface area (Å²) in [6, 6.07) is 0.830. The van der Waals surface area contributed by atoms with Gasteiger partial charge in [-0.25, -0.2) is 14.4 Å². The first kappa shape index (κ1) is 19.0. The number of esters is 2. The lowest BCUT2D eigenvalue weighted by Crippen LogP contribution is -2.50.